The van der Waals surface area contributed by atoms with Gasteiger partial charge in [0.05, 0.1) is 12.6 Å². The van der Waals surface area contributed by atoms with Crippen molar-refractivity contribution in [3.63, 3.8) is 0 Å². The smallest absolute Gasteiger partial charge is 0.240 e. The number of carbonyl (C=O) groups excluding carboxylic acids is 2. The standard InChI is InChI=1S/C12H19N3O2/c1-2-9(7-13)12(17)15(8-11(14)16)10-5-3-4-6-10/h9-10H,2-6,8H2,1H3,(H2,14,16). The van der Waals surface area contributed by atoms with Crippen LogP contribution in [-0.2, 0) is 9.59 Å². The fourth-order valence-electron chi connectivity index (χ4n) is 2.29. The van der Waals surface area contributed by atoms with Crippen molar-refractivity contribution in [3.05, 3.63) is 0 Å². The van der Waals surface area contributed by atoms with Crippen molar-refractivity contribution in [2.24, 2.45) is 11.7 Å². The van der Waals surface area contributed by atoms with E-state index in [1.54, 1.807) is 6.92 Å². The van der Waals surface area contributed by atoms with Crippen LogP contribution in [0.2, 0.25) is 0 Å². The first-order chi connectivity index (χ1) is 8.10. The lowest BCUT2D eigenvalue weighted by Crippen LogP contribution is -2.46. The number of amides is 2. The van der Waals surface area contributed by atoms with Gasteiger partial charge in [0.1, 0.15) is 5.92 Å². The molecule has 0 aliphatic heterocycles. The minimum absolute atomic E-state index is 0.0678. The molecule has 0 aromatic heterocycles. The Morgan fingerprint density at radius 2 is 2.06 bits per heavy atom. The van der Waals surface area contributed by atoms with E-state index in [-0.39, 0.29) is 18.5 Å². The lowest BCUT2D eigenvalue weighted by atomic mass is 10.0. The SMILES string of the molecule is CCC(C#N)C(=O)N(CC(N)=O)C1CCCC1. The summed E-state index contributed by atoms with van der Waals surface area (Å²) in [7, 11) is 0. The Labute approximate surface area is 102 Å². The van der Waals surface area contributed by atoms with E-state index in [4.69, 9.17) is 11.0 Å². The molecule has 17 heavy (non-hydrogen) atoms. The van der Waals surface area contributed by atoms with E-state index in [1.807, 2.05) is 6.07 Å². The third-order valence-corrected chi connectivity index (χ3v) is 3.24. The first-order valence-corrected chi connectivity index (χ1v) is 6.08. The van der Waals surface area contributed by atoms with Crippen LogP contribution < -0.4 is 5.73 Å². The predicted molar refractivity (Wildman–Crippen MR) is 62.6 cm³/mol. The van der Waals surface area contributed by atoms with E-state index in [1.165, 1.54) is 4.90 Å². The number of carbonyl (C=O) groups is 2. The van der Waals surface area contributed by atoms with Gasteiger partial charge in [-0.25, -0.2) is 0 Å². The Bertz CT molecular complexity index is 329. The third kappa shape index (κ3) is 3.45. The third-order valence-electron chi connectivity index (χ3n) is 3.24. The molecule has 0 bridgehead atoms. The lowest BCUT2D eigenvalue weighted by Gasteiger charge is -2.29. The van der Waals surface area contributed by atoms with Gasteiger partial charge in [0.25, 0.3) is 0 Å². The van der Waals surface area contributed by atoms with Gasteiger partial charge in [-0.1, -0.05) is 19.8 Å². The Hall–Kier alpha value is -1.57. The van der Waals surface area contributed by atoms with E-state index < -0.39 is 11.8 Å². The molecular weight excluding hydrogens is 218 g/mol. The summed E-state index contributed by atoms with van der Waals surface area (Å²) in [5.41, 5.74) is 5.17. The van der Waals surface area contributed by atoms with Crippen LogP contribution in [0.1, 0.15) is 39.0 Å². The first-order valence-electron chi connectivity index (χ1n) is 6.08. The fraction of sp³-hybridized carbons (Fsp3) is 0.750. The Morgan fingerprint density at radius 1 is 1.47 bits per heavy atom. The number of nitriles is 1. The van der Waals surface area contributed by atoms with Gasteiger partial charge in [-0.2, -0.15) is 5.26 Å². The van der Waals surface area contributed by atoms with Gasteiger partial charge in [0.2, 0.25) is 11.8 Å². The summed E-state index contributed by atoms with van der Waals surface area (Å²) >= 11 is 0. The minimum atomic E-state index is -0.657. The van der Waals surface area contributed by atoms with Crippen LogP contribution in [0.15, 0.2) is 0 Å². The van der Waals surface area contributed by atoms with Crippen molar-refractivity contribution in [2.75, 3.05) is 6.54 Å². The zero-order valence-electron chi connectivity index (χ0n) is 10.2. The van der Waals surface area contributed by atoms with E-state index in [0.717, 1.165) is 25.7 Å². The van der Waals surface area contributed by atoms with Crippen LogP contribution in [0.25, 0.3) is 0 Å². The van der Waals surface area contributed by atoms with Gasteiger partial charge in [-0.15, -0.1) is 0 Å². The van der Waals surface area contributed by atoms with Crippen LogP contribution in [0.3, 0.4) is 0 Å². The van der Waals surface area contributed by atoms with Gasteiger partial charge in [-0.3, -0.25) is 9.59 Å². The minimum Gasteiger partial charge on any atom is -0.368 e. The molecule has 0 saturated heterocycles. The molecule has 1 unspecified atom stereocenters. The van der Waals surface area contributed by atoms with Crippen molar-refractivity contribution < 1.29 is 9.59 Å². The molecule has 1 aliphatic carbocycles. The molecule has 1 saturated carbocycles. The van der Waals surface area contributed by atoms with E-state index in [2.05, 4.69) is 0 Å². The van der Waals surface area contributed by atoms with Crippen molar-refractivity contribution in [1.82, 2.24) is 4.90 Å². The second-order valence-corrected chi connectivity index (χ2v) is 4.46. The van der Waals surface area contributed by atoms with E-state index >= 15 is 0 Å². The second-order valence-electron chi connectivity index (χ2n) is 4.46. The summed E-state index contributed by atoms with van der Waals surface area (Å²) in [6.07, 6.45) is 4.41. The summed E-state index contributed by atoms with van der Waals surface area (Å²) < 4.78 is 0. The molecule has 1 fully saturated rings. The molecule has 0 radical (unpaired) electrons. The molecule has 0 heterocycles. The quantitative estimate of drug-likeness (QED) is 0.767. The Balaban J connectivity index is 2.77. The molecule has 2 N–H and O–H groups in total. The number of nitrogens with two attached hydrogens (primary N) is 1. The van der Waals surface area contributed by atoms with Crippen molar-refractivity contribution in [3.8, 4) is 6.07 Å². The van der Waals surface area contributed by atoms with E-state index in [0.29, 0.717) is 6.42 Å². The Kier molecular flexibility index (Phi) is 4.95. The molecule has 5 nitrogen and oxygen atoms in total. The van der Waals surface area contributed by atoms with Gasteiger partial charge >= 0.3 is 0 Å². The number of primary amides is 1. The summed E-state index contributed by atoms with van der Waals surface area (Å²) in [6.45, 7) is 1.73. The molecule has 1 atom stereocenters. The monoisotopic (exact) mass is 237 g/mol. The van der Waals surface area contributed by atoms with Crippen LogP contribution >= 0.6 is 0 Å². The molecular formula is C12H19N3O2. The normalized spacial score (nSPS) is 17.4. The van der Waals surface area contributed by atoms with Crippen molar-refractivity contribution in [1.29, 1.82) is 5.26 Å². The number of nitrogens with zero attached hydrogens (tertiary/aromatic N) is 2. The fourth-order valence-corrected chi connectivity index (χ4v) is 2.29. The average Bonchev–Trinajstić information content (AvgIpc) is 2.80. The molecule has 1 aliphatic rings. The maximum Gasteiger partial charge on any atom is 0.240 e. The Morgan fingerprint density at radius 3 is 2.47 bits per heavy atom. The van der Waals surface area contributed by atoms with Gasteiger partial charge in [-0.05, 0) is 19.3 Å². The highest BCUT2D eigenvalue weighted by Crippen LogP contribution is 2.25. The number of hydrogen-bond donors (Lipinski definition) is 1. The molecule has 0 aromatic carbocycles. The zero-order valence-corrected chi connectivity index (χ0v) is 10.2. The summed E-state index contributed by atoms with van der Waals surface area (Å²) in [4.78, 5) is 24.6. The van der Waals surface area contributed by atoms with E-state index in [9.17, 15) is 9.59 Å². The molecule has 2 amide bonds. The molecule has 0 aromatic rings. The molecule has 5 heteroatoms. The van der Waals surface area contributed by atoms with Crippen LogP contribution in [0.4, 0.5) is 0 Å². The molecule has 94 valence electrons. The zero-order chi connectivity index (χ0) is 12.8. The maximum absolute atomic E-state index is 12.1. The van der Waals surface area contributed by atoms with Crippen LogP contribution in [0, 0.1) is 17.2 Å². The molecule has 1 rings (SSSR count). The molecule has 0 spiro atoms. The highest BCUT2D eigenvalue weighted by molar-refractivity contribution is 5.86. The summed E-state index contributed by atoms with van der Waals surface area (Å²) in [5.74, 6) is -1.42. The second kappa shape index (κ2) is 6.24. The van der Waals surface area contributed by atoms with Crippen LogP contribution in [-0.4, -0.2) is 29.3 Å². The number of rotatable bonds is 5. The van der Waals surface area contributed by atoms with Crippen LogP contribution in [0.5, 0.6) is 0 Å². The maximum atomic E-state index is 12.1. The topological polar surface area (TPSA) is 87.2 Å². The van der Waals surface area contributed by atoms with Crippen molar-refractivity contribution >= 4 is 11.8 Å². The largest absolute Gasteiger partial charge is 0.368 e. The average molecular weight is 237 g/mol. The van der Waals surface area contributed by atoms with Gasteiger partial charge < -0.3 is 10.6 Å². The van der Waals surface area contributed by atoms with Gasteiger partial charge in [0, 0.05) is 6.04 Å². The number of hydrogen-bond acceptors (Lipinski definition) is 3. The van der Waals surface area contributed by atoms with Crippen molar-refractivity contribution in [2.45, 2.75) is 45.1 Å². The summed E-state index contributed by atoms with van der Waals surface area (Å²) in [5, 5.41) is 8.91. The lowest BCUT2D eigenvalue weighted by molar-refractivity contribution is -0.139. The van der Waals surface area contributed by atoms with Gasteiger partial charge in [0.15, 0.2) is 0 Å². The predicted octanol–water partition coefficient (Wildman–Crippen LogP) is 0.793. The summed E-state index contributed by atoms with van der Waals surface area (Å²) in [6, 6.07) is 2.07. The highest BCUT2D eigenvalue weighted by Gasteiger charge is 2.31. The highest BCUT2D eigenvalue weighted by atomic mass is 16.2. The first kappa shape index (κ1) is 13.5.